The highest BCUT2D eigenvalue weighted by Gasteiger charge is 2.30. The van der Waals surface area contributed by atoms with Crippen LogP contribution in [0.3, 0.4) is 0 Å². The summed E-state index contributed by atoms with van der Waals surface area (Å²) >= 11 is 9.26. The van der Waals surface area contributed by atoms with Crippen LogP contribution in [0.2, 0.25) is 5.02 Å². The Hall–Kier alpha value is -2.64. The summed E-state index contributed by atoms with van der Waals surface area (Å²) in [6.07, 6.45) is 5.61. The standard InChI is InChI=1S/C27H34ClN7O3S2/c1-16-4-5-17(2)35(16)14-22-25(21-10-19(28)15-39-21)31-27(40-22)32-26(38)20-11-30-23(12-29-20)34-9-8-33(18(3)13-34)7-6-24(36)37/h10-12,15-18H,4-9,13-14H2,1-3H3,(H,36,37)(H,31,32,38)/t16-,17-,18+/m1/s1. The molecule has 2 fully saturated rings. The normalized spacial score (nSPS) is 22.1. The van der Waals surface area contributed by atoms with Gasteiger partial charge in [-0.25, -0.2) is 15.0 Å². The second-order valence-corrected chi connectivity index (χ2v) is 13.0. The number of hydrogen-bond donors (Lipinski definition) is 2. The van der Waals surface area contributed by atoms with E-state index in [0.29, 0.717) is 41.1 Å². The maximum atomic E-state index is 13.1. The van der Waals surface area contributed by atoms with Gasteiger partial charge in [-0.2, -0.15) is 0 Å². The fourth-order valence-corrected chi connectivity index (χ4v) is 7.54. The van der Waals surface area contributed by atoms with Gasteiger partial charge in [-0.3, -0.25) is 24.7 Å². The van der Waals surface area contributed by atoms with Gasteiger partial charge in [0.15, 0.2) is 5.13 Å². The molecule has 10 nitrogen and oxygen atoms in total. The Morgan fingerprint density at radius 1 is 1.12 bits per heavy atom. The van der Waals surface area contributed by atoms with Crippen LogP contribution >= 0.6 is 34.3 Å². The summed E-state index contributed by atoms with van der Waals surface area (Å²) in [6.45, 7) is 10.1. The van der Waals surface area contributed by atoms with Crippen LogP contribution in [0.15, 0.2) is 23.8 Å². The summed E-state index contributed by atoms with van der Waals surface area (Å²) < 4.78 is 0. The topological polar surface area (TPSA) is 115 Å². The predicted octanol–water partition coefficient (Wildman–Crippen LogP) is 4.93. The van der Waals surface area contributed by atoms with Crippen LogP contribution in [0, 0.1) is 0 Å². The molecule has 2 saturated heterocycles. The Labute approximate surface area is 247 Å². The number of carboxylic acid groups (broad SMARTS) is 1. The quantitative estimate of drug-likeness (QED) is 0.351. The van der Waals surface area contributed by atoms with Gasteiger partial charge in [-0.05, 0) is 39.7 Å². The fraction of sp³-hybridized carbons (Fsp3) is 0.519. The van der Waals surface area contributed by atoms with Gasteiger partial charge >= 0.3 is 5.97 Å². The molecular formula is C27H34ClN7O3S2. The van der Waals surface area contributed by atoms with Crippen LogP contribution in [-0.2, 0) is 11.3 Å². The summed E-state index contributed by atoms with van der Waals surface area (Å²) in [5.41, 5.74) is 1.08. The number of anilines is 2. The lowest BCUT2D eigenvalue weighted by Crippen LogP contribution is -2.52. The number of likely N-dealkylation sites (tertiary alicyclic amines) is 1. The van der Waals surface area contributed by atoms with Crippen LogP contribution in [-0.4, -0.2) is 86.0 Å². The monoisotopic (exact) mass is 603 g/mol. The number of rotatable bonds is 9. The molecule has 13 heteroatoms. The van der Waals surface area contributed by atoms with E-state index >= 15 is 0 Å². The Morgan fingerprint density at radius 2 is 1.90 bits per heavy atom. The van der Waals surface area contributed by atoms with Gasteiger partial charge in [-0.15, -0.1) is 11.3 Å². The van der Waals surface area contributed by atoms with Crippen molar-refractivity contribution >= 4 is 57.1 Å². The van der Waals surface area contributed by atoms with Gasteiger partial charge < -0.3 is 10.0 Å². The summed E-state index contributed by atoms with van der Waals surface area (Å²) in [7, 11) is 0. The van der Waals surface area contributed by atoms with Crippen LogP contribution in [0.1, 0.15) is 55.4 Å². The third-order valence-electron chi connectivity index (χ3n) is 7.75. The molecule has 0 radical (unpaired) electrons. The zero-order valence-corrected chi connectivity index (χ0v) is 25.2. The molecule has 0 aromatic carbocycles. The van der Waals surface area contributed by atoms with Gasteiger partial charge in [0, 0.05) is 61.1 Å². The number of aliphatic carboxylic acids is 1. The van der Waals surface area contributed by atoms with E-state index in [1.54, 1.807) is 17.5 Å². The van der Waals surface area contributed by atoms with Gasteiger partial charge in [0.2, 0.25) is 0 Å². The predicted molar refractivity (Wildman–Crippen MR) is 160 cm³/mol. The number of carbonyl (C=O) groups is 2. The van der Waals surface area contributed by atoms with Gasteiger partial charge in [0.25, 0.3) is 5.91 Å². The number of nitrogens with zero attached hydrogens (tertiary/aromatic N) is 6. The maximum absolute atomic E-state index is 13.1. The molecule has 3 aromatic heterocycles. The number of hydrogen-bond acceptors (Lipinski definition) is 10. The fourth-order valence-electron chi connectivity index (χ4n) is 5.41. The molecule has 5 heterocycles. The largest absolute Gasteiger partial charge is 0.481 e. The first-order valence-electron chi connectivity index (χ1n) is 13.5. The molecular weight excluding hydrogens is 570 g/mol. The lowest BCUT2D eigenvalue weighted by Gasteiger charge is -2.40. The van der Waals surface area contributed by atoms with Crippen LogP contribution in [0.5, 0.6) is 0 Å². The molecule has 3 aromatic rings. The van der Waals surface area contributed by atoms with Crippen LogP contribution < -0.4 is 10.2 Å². The van der Waals surface area contributed by atoms with Crippen molar-refractivity contribution < 1.29 is 14.7 Å². The third-order valence-corrected chi connectivity index (χ3v) is 9.99. The zero-order chi connectivity index (χ0) is 28.4. The van der Waals surface area contributed by atoms with E-state index in [0.717, 1.165) is 35.1 Å². The van der Waals surface area contributed by atoms with E-state index in [1.807, 2.05) is 11.4 Å². The van der Waals surface area contributed by atoms with Crippen molar-refractivity contribution in [3.63, 3.8) is 0 Å². The molecule has 0 saturated carbocycles. The van der Waals surface area contributed by atoms with E-state index in [1.165, 1.54) is 30.4 Å². The minimum atomic E-state index is -0.786. The third kappa shape index (κ3) is 6.63. The van der Waals surface area contributed by atoms with Crippen LogP contribution in [0.25, 0.3) is 10.6 Å². The number of thiophene rings is 1. The minimum Gasteiger partial charge on any atom is -0.481 e. The number of thiazole rings is 1. The number of aromatic nitrogens is 3. The van der Waals surface area contributed by atoms with Crippen molar-refractivity contribution in [3.8, 4) is 10.6 Å². The molecule has 40 heavy (non-hydrogen) atoms. The molecule has 2 N–H and O–H groups in total. The zero-order valence-electron chi connectivity index (χ0n) is 22.8. The van der Waals surface area contributed by atoms with Crippen molar-refractivity contribution in [2.75, 3.05) is 36.4 Å². The molecule has 1 amide bonds. The Kier molecular flexibility index (Phi) is 9.01. The second kappa shape index (κ2) is 12.5. The summed E-state index contributed by atoms with van der Waals surface area (Å²) in [6, 6.07) is 3.11. The van der Waals surface area contributed by atoms with E-state index in [2.05, 4.69) is 50.8 Å². The minimum absolute atomic E-state index is 0.133. The molecule has 214 valence electrons. The lowest BCUT2D eigenvalue weighted by molar-refractivity contribution is -0.137. The van der Waals surface area contributed by atoms with Crippen molar-refractivity contribution in [1.29, 1.82) is 0 Å². The van der Waals surface area contributed by atoms with Crippen molar-refractivity contribution in [3.05, 3.63) is 39.4 Å². The highest BCUT2D eigenvalue weighted by Crippen LogP contribution is 2.38. The number of carbonyl (C=O) groups excluding carboxylic acids is 1. The summed E-state index contributed by atoms with van der Waals surface area (Å²) in [4.78, 5) is 46.6. The number of halogens is 1. The van der Waals surface area contributed by atoms with Crippen molar-refractivity contribution in [1.82, 2.24) is 24.8 Å². The Morgan fingerprint density at radius 3 is 2.52 bits per heavy atom. The number of carboxylic acids is 1. The Balaban J connectivity index is 1.26. The van der Waals surface area contributed by atoms with E-state index in [9.17, 15) is 9.59 Å². The average Bonchev–Trinajstić information content (AvgIpc) is 3.63. The summed E-state index contributed by atoms with van der Waals surface area (Å²) in [5, 5.41) is 15.0. The van der Waals surface area contributed by atoms with Crippen molar-refractivity contribution in [2.24, 2.45) is 0 Å². The van der Waals surface area contributed by atoms with Crippen molar-refractivity contribution in [2.45, 2.75) is 64.7 Å². The van der Waals surface area contributed by atoms with E-state index in [-0.39, 0.29) is 24.1 Å². The molecule has 0 unspecified atom stereocenters. The second-order valence-electron chi connectivity index (χ2n) is 10.6. The highest BCUT2D eigenvalue weighted by molar-refractivity contribution is 7.17. The van der Waals surface area contributed by atoms with Gasteiger partial charge in [0.1, 0.15) is 11.5 Å². The maximum Gasteiger partial charge on any atom is 0.304 e. The molecule has 5 rings (SSSR count). The molecule has 2 aliphatic heterocycles. The van der Waals surface area contributed by atoms with Crippen LogP contribution in [0.4, 0.5) is 10.9 Å². The van der Waals surface area contributed by atoms with E-state index in [4.69, 9.17) is 21.7 Å². The first-order valence-corrected chi connectivity index (χ1v) is 15.6. The van der Waals surface area contributed by atoms with Gasteiger partial charge in [-0.1, -0.05) is 22.9 Å². The number of nitrogens with one attached hydrogen (secondary N) is 1. The smallest absolute Gasteiger partial charge is 0.304 e. The average molecular weight is 604 g/mol. The molecule has 0 spiro atoms. The molecule has 3 atom stereocenters. The van der Waals surface area contributed by atoms with E-state index < -0.39 is 5.97 Å². The molecule has 0 aliphatic carbocycles. The summed E-state index contributed by atoms with van der Waals surface area (Å²) in [5.74, 6) is -0.445. The first-order chi connectivity index (χ1) is 19.2. The van der Waals surface area contributed by atoms with Gasteiger partial charge in [0.05, 0.1) is 34.4 Å². The Bertz CT molecular complexity index is 1340. The molecule has 2 aliphatic rings. The molecule has 0 bridgehead atoms. The number of amides is 1. The highest BCUT2D eigenvalue weighted by atomic mass is 35.5. The first kappa shape index (κ1) is 28.9. The SMILES string of the molecule is C[C@@H]1CC[C@@H](C)N1Cc1sc(NC(=O)c2cnc(N3CCN(CCC(=O)O)[C@@H](C)C3)cn2)nc1-c1cc(Cl)cs1. The number of piperazine rings is 1. The lowest BCUT2D eigenvalue weighted by atomic mass is 10.2.